The maximum Gasteiger partial charge on any atom is 0.326 e. The number of sulfonamides is 1. The molecule has 1 atom stereocenters. The number of carbonyl (C=O) groups excluding carboxylic acids is 1. The van der Waals surface area contributed by atoms with Gasteiger partial charge in [-0.3, -0.25) is 9.52 Å². The zero-order chi connectivity index (χ0) is 20.4. The minimum atomic E-state index is -4.83. The van der Waals surface area contributed by atoms with Crippen molar-refractivity contribution >= 4 is 21.7 Å². The Morgan fingerprint density at radius 1 is 1.08 bits per heavy atom. The van der Waals surface area contributed by atoms with Crippen LogP contribution < -0.4 is 4.72 Å². The van der Waals surface area contributed by atoms with E-state index in [2.05, 4.69) is 0 Å². The average molecular weight is 403 g/mol. The van der Waals surface area contributed by atoms with Crippen molar-refractivity contribution in [2.75, 3.05) is 4.72 Å². The standard InChI is InChI=1S/C15H18F5NO4S/c1-5-8(14(22)25-15(2,3)4)26(23,24)21-13-11(19)9(17)7(6-16)10(18)12(13)20/h8,21H,5-6H2,1-4H3/t8-/m1/s1. The van der Waals surface area contributed by atoms with Crippen molar-refractivity contribution in [2.45, 2.75) is 51.6 Å². The third-order valence-electron chi connectivity index (χ3n) is 3.15. The lowest BCUT2D eigenvalue weighted by atomic mass is 10.1. The van der Waals surface area contributed by atoms with Gasteiger partial charge in [-0.1, -0.05) is 6.92 Å². The molecule has 0 saturated carbocycles. The van der Waals surface area contributed by atoms with Gasteiger partial charge in [-0.05, 0) is 27.2 Å². The van der Waals surface area contributed by atoms with Crippen molar-refractivity contribution in [3.63, 3.8) is 0 Å². The molecule has 11 heteroatoms. The molecule has 0 heterocycles. The highest BCUT2D eigenvalue weighted by Crippen LogP contribution is 2.30. The summed E-state index contributed by atoms with van der Waals surface area (Å²) >= 11 is 0. The fraction of sp³-hybridized carbons (Fsp3) is 0.533. The molecular formula is C15H18F5NO4S. The van der Waals surface area contributed by atoms with E-state index in [4.69, 9.17) is 4.74 Å². The summed E-state index contributed by atoms with van der Waals surface area (Å²) in [5.74, 6) is -9.61. The largest absolute Gasteiger partial charge is 0.459 e. The first-order chi connectivity index (χ1) is 11.8. The number of anilines is 1. The maximum atomic E-state index is 13.9. The predicted octanol–water partition coefficient (Wildman–Crippen LogP) is 3.57. The zero-order valence-electron chi connectivity index (χ0n) is 14.4. The number of halogens is 5. The van der Waals surface area contributed by atoms with Gasteiger partial charge in [0.1, 0.15) is 18.0 Å². The van der Waals surface area contributed by atoms with E-state index < -0.39 is 68.0 Å². The summed E-state index contributed by atoms with van der Waals surface area (Å²) in [6, 6.07) is 0. The van der Waals surface area contributed by atoms with Crippen LogP contribution in [0, 0.1) is 23.3 Å². The predicted molar refractivity (Wildman–Crippen MR) is 83.6 cm³/mol. The van der Waals surface area contributed by atoms with Gasteiger partial charge < -0.3 is 4.74 Å². The Kier molecular flexibility index (Phi) is 6.61. The summed E-state index contributed by atoms with van der Waals surface area (Å²) in [7, 11) is -4.83. The van der Waals surface area contributed by atoms with Crippen LogP contribution in [0.2, 0.25) is 0 Å². The van der Waals surface area contributed by atoms with Crippen LogP contribution in [0.25, 0.3) is 0 Å². The smallest absolute Gasteiger partial charge is 0.326 e. The first-order valence-electron chi connectivity index (χ1n) is 7.42. The maximum absolute atomic E-state index is 13.9. The summed E-state index contributed by atoms with van der Waals surface area (Å²) in [4.78, 5) is 12.0. The van der Waals surface area contributed by atoms with Gasteiger partial charge in [-0.25, -0.2) is 30.4 Å². The third-order valence-corrected chi connectivity index (χ3v) is 4.91. The van der Waals surface area contributed by atoms with Crippen LogP contribution in [0.5, 0.6) is 0 Å². The SMILES string of the molecule is CC[C@H](C(=O)OC(C)(C)C)S(=O)(=O)Nc1c(F)c(F)c(CF)c(F)c1F. The van der Waals surface area contributed by atoms with Gasteiger partial charge in [0.25, 0.3) is 0 Å². The van der Waals surface area contributed by atoms with Gasteiger partial charge in [0, 0.05) is 0 Å². The molecule has 0 bridgehead atoms. The molecule has 1 aromatic rings. The van der Waals surface area contributed by atoms with Gasteiger partial charge in [-0.15, -0.1) is 0 Å². The molecule has 5 nitrogen and oxygen atoms in total. The second kappa shape index (κ2) is 7.77. The van der Waals surface area contributed by atoms with Crippen LogP contribution in [0.1, 0.15) is 39.7 Å². The summed E-state index contributed by atoms with van der Waals surface area (Å²) in [5, 5.41) is -1.90. The number of benzene rings is 1. The second-order valence-electron chi connectivity index (χ2n) is 6.32. The molecule has 0 amide bonds. The Morgan fingerprint density at radius 3 is 1.88 bits per heavy atom. The number of ether oxygens (including phenoxy) is 1. The molecule has 0 radical (unpaired) electrons. The van der Waals surface area contributed by atoms with Gasteiger partial charge in [-0.2, -0.15) is 0 Å². The first-order valence-corrected chi connectivity index (χ1v) is 8.96. The minimum Gasteiger partial charge on any atom is -0.459 e. The van der Waals surface area contributed by atoms with Crippen LogP contribution in [0.4, 0.5) is 27.6 Å². The quantitative estimate of drug-likeness (QED) is 0.448. The molecule has 0 unspecified atom stereocenters. The molecule has 0 spiro atoms. The number of nitrogens with one attached hydrogen (secondary N) is 1. The fourth-order valence-corrected chi connectivity index (χ4v) is 3.32. The Bertz CT molecular complexity index is 776. The van der Waals surface area contributed by atoms with Crippen LogP contribution in [-0.4, -0.2) is 25.2 Å². The molecule has 0 fully saturated rings. The van der Waals surface area contributed by atoms with E-state index in [0.717, 1.165) is 0 Å². The zero-order valence-corrected chi connectivity index (χ0v) is 15.2. The van der Waals surface area contributed by atoms with Crippen molar-refractivity contribution in [3.05, 3.63) is 28.8 Å². The van der Waals surface area contributed by atoms with Crippen molar-refractivity contribution in [1.82, 2.24) is 0 Å². The van der Waals surface area contributed by atoms with Crippen LogP contribution in [0.15, 0.2) is 0 Å². The number of hydrogen-bond donors (Lipinski definition) is 1. The molecule has 1 rings (SSSR count). The molecule has 1 N–H and O–H groups in total. The topological polar surface area (TPSA) is 72.5 Å². The summed E-state index contributed by atoms with van der Waals surface area (Å²) in [6.45, 7) is 3.86. The molecule has 1 aromatic carbocycles. The van der Waals surface area contributed by atoms with E-state index in [0.29, 0.717) is 0 Å². The number of esters is 1. The van der Waals surface area contributed by atoms with Crippen LogP contribution >= 0.6 is 0 Å². The number of carbonyl (C=O) groups is 1. The van der Waals surface area contributed by atoms with Crippen LogP contribution in [0.3, 0.4) is 0 Å². The highest BCUT2D eigenvalue weighted by Gasteiger charge is 2.37. The number of alkyl halides is 1. The Labute approximate surface area is 147 Å². The van der Waals surface area contributed by atoms with Gasteiger partial charge in [0.15, 0.2) is 28.5 Å². The molecule has 0 aromatic heterocycles. The molecule has 148 valence electrons. The number of rotatable bonds is 6. The van der Waals surface area contributed by atoms with E-state index in [1.54, 1.807) is 0 Å². The highest BCUT2D eigenvalue weighted by atomic mass is 32.2. The van der Waals surface area contributed by atoms with E-state index in [1.807, 2.05) is 0 Å². The normalized spacial score (nSPS) is 13.4. The first kappa shape index (κ1) is 22.1. The van der Waals surface area contributed by atoms with Crippen molar-refractivity contribution < 1.29 is 39.9 Å². The molecule has 26 heavy (non-hydrogen) atoms. The molecule has 0 aliphatic carbocycles. The van der Waals surface area contributed by atoms with E-state index >= 15 is 0 Å². The van der Waals surface area contributed by atoms with Crippen molar-refractivity contribution in [2.24, 2.45) is 0 Å². The van der Waals surface area contributed by atoms with E-state index in [1.165, 1.54) is 32.4 Å². The monoisotopic (exact) mass is 403 g/mol. The lowest BCUT2D eigenvalue weighted by Gasteiger charge is -2.24. The number of hydrogen-bond acceptors (Lipinski definition) is 4. The minimum absolute atomic E-state index is 0.346. The van der Waals surface area contributed by atoms with Gasteiger partial charge in [0.2, 0.25) is 10.0 Å². The Balaban J connectivity index is 3.34. The Hall–Kier alpha value is -1.91. The average Bonchev–Trinajstić information content (AvgIpc) is 2.49. The van der Waals surface area contributed by atoms with Crippen LogP contribution in [-0.2, 0) is 26.2 Å². The molecule has 0 aliphatic rings. The summed E-state index contributed by atoms with van der Waals surface area (Å²) in [6.07, 6.45) is -0.346. The third kappa shape index (κ3) is 4.63. The highest BCUT2D eigenvalue weighted by molar-refractivity contribution is 7.94. The van der Waals surface area contributed by atoms with E-state index in [-0.39, 0.29) is 6.42 Å². The lowest BCUT2D eigenvalue weighted by molar-refractivity contribution is -0.154. The summed E-state index contributed by atoms with van der Waals surface area (Å²) < 4.78 is 98.2. The van der Waals surface area contributed by atoms with Crippen molar-refractivity contribution in [3.8, 4) is 0 Å². The second-order valence-corrected chi connectivity index (χ2v) is 8.18. The molecule has 0 saturated heterocycles. The Morgan fingerprint density at radius 2 is 1.54 bits per heavy atom. The van der Waals surface area contributed by atoms with Gasteiger partial charge >= 0.3 is 5.97 Å². The van der Waals surface area contributed by atoms with E-state index in [9.17, 15) is 35.2 Å². The molecular weight excluding hydrogens is 385 g/mol. The fourth-order valence-electron chi connectivity index (χ4n) is 1.98. The van der Waals surface area contributed by atoms with Gasteiger partial charge in [0.05, 0.1) is 5.56 Å². The lowest BCUT2D eigenvalue weighted by Crippen LogP contribution is -2.39. The summed E-state index contributed by atoms with van der Waals surface area (Å²) in [5.41, 5.74) is -4.24. The molecule has 0 aliphatic heterocycles. The van der Waals surface area contributed by atoms with Crippen molar-refractivity contribution in [1.29, 1.82) is 0 Å².